The number of carbonyl (C=O) groups excluding carboxylic acids is 1. The fourth-order valence-corrected chi connectivity index (χ4v) is 1.49. The molecule has 2 aromatic rings. The van der Waals surface area contributed by atoms with Crippen LogP contribution in [0, 0.1) is 12.1 Å². The Kier molecular flexibility index (Phi) is 12.9. The summed E-state index contributed by atoms with van der Waals surface area (Å²) in [5, 5.41) is 0. The Morgan fingerprint density at radius 1 is 0.962 bits per heavy atom. The molecule has 6 heteroatoms. The summed E-state index contributed by atoms with van der Waals surface area (Å²) in [6.07, 6.45) is 0.363. The third kappa shape index (κ3) is 13.1. The Labute approximate surface area is 163 Å². The summed E-state index contributed by atoms with van der Waals surface area (Å²) in [6, 6.07) is 19.9. The van der Waals surface area contributed by atoms with Crippen molar-refractivity contribution >= 4 is 6.16 Å². The Morgan fingerprint density at radius 2 is 1.42 bits per heavy atom. The van der Waals surface area contributed by atoms with Crippen LogP contribution in [0.5, 0.6) is 11.5 Å². The van der Waals surface area contributed by atoms with Crippen LogP contribution in [-0.4, -0.2) is 18.4 Å². The van der Waals surface area contributed by atoms with E-state index in [1.807, 2.05) is 24.3 Å². The molecule has 0 spiro atoms. The van der Waals surface area contributed by atoms with Gasteiger partial charge in [0.05, 0.1) is 6.61 Å². The van der Waals surface area contributed by atoms with Crippen LogP contribution in [-0.2, 0) is 24.3 Å². The first-order valence-electron chi connectivity index (χ1n) is 8.00. The summed E-state index contributed by atoms with van der Waals surface area (Å²) in [4.78, 5) is 11.2. The van der Waals surface area contributed by atoms with Crippen LogP contribution in [0.3, 0.4) is 0 Å². The Hall–Kier alpha value is -2.18. The van der Waals surface area contributed by atoms with Crippen molar-refractivity contribution in [3.8, 4) is 11.5 Å². The molecule has 0 amide bonds. The summed E-state index contributed by atoms with van der Waals surface area (Å²) < 4.78 is 23.2. The molecule has 2 aromatic carbocycles. The quantitative estimate of drug-likeness (QED) is 0.410. The molecule has 0 saturated heterocycles. The second-order valence-electron chi connectivity index (χ2n) is 5.89. The van der Waals surface area contributed by atoms with Crippen molar-refractivity contribution in [2.24, 2.45) is 0 Å². The molecule has 0 saturated carbocycles. The molecule has 0 unspecified atom stereocenters. The van der Waals surface area contributed by atoms with Crippen molar-refractivity contribution < 1.29 is 38.5 Å². The number of benzene rings is 2. The predicted molar refractivity (Wildman–Crippen MR) is 93.9 cm³/mol. The second kappa shape index (κ2) is 14.0. The van der Waals surface area contributed by atoms with Gasteiger partial charge in [-0.25, -0.2) is 4.79 Å². The number of hydrogen-bond donors (Lipinski definition) is 0. The van der Waals surface area contributed by atoms with Gasteiger partial charge in [0.1, 0.15) is 5.60 Å². The standard InChI is InChI=1S/C11H13O3.C9H11O.Co.O/c1-11(2,3)14-10(12)13-9-7-5-4-6-8-9;1-2-8-10-9-6-4-3-5-7-9;;/h5-8H,1-3H3;4-7H,2,8H2,1H3;;/q2*-1;;. The van der Waals surface area contributed by atoms with Crippen LogP contribution >= 0.6 is 0 Å². The van der Waals surface area contributed by atoms with Crippen molar-refractivity contribution in [2.45, 2.75) is 39.7 Å². The molecule has 0 bridgehead atoms. The number of carbonyl (C=O) groups is 1. The monoisotopic (exact) mass is 403 g/mol. The summed E-state index contributed by atoms with van der Waals surface area (Å²) in [7, 11) is 0. The van der Waals surface area contributed by atoms with E-state index in [0.29, 0.717) is 5.75 Å². The van der Waals surface area contributed by atoms with Gasteiger partial charge in [0.25, 0.3) is 0 Å². The van der Waals surface area contributed by atoms with Crippen LogP contribution < -0.4 is 9.47 Å². The number of rotatable bonds is 4. The van der Waals surface area contributed by atoms with Gasteiger partial charge in [0.2, 0.25) is 0 Å². The zero-order valence-electron chi connectivity index (χ0n) is 15.4. The van der Waals surface area contributed by atoms with E-state index < -0.39 is 11.8 Å². The van der Waals surface area contributed by atoms with Gasteiger partial charge >= 0.3 is 25.7 Å². The third-order valence-electron chi connectivity index (χ3n) is 2.44. The molecule has 0 N–H and O–H groups in total. The molecule has 0 fully saturated rings. The summed E-state index contributed by atoms with van der Waals surface area (Å²) in [6.45, 7) is 8.24. The molecule has 5 nitrogen and oxygen atoms in total. The topological polar surface area (TPSA) is 61.8 Å². The van der Waals surface area contributed by atoms with Crippen LogP contribution in [0.2, 0.25) is 0 Å². The van der Waals surface area contributed by atoms with Crippen LogP contribution in [0.4, 0.5) is 4.79 Å². The zero-order chi connectivity index (χ0) is 19.8. The molecule has 145 valence electrons. The SMILES string of the molecule is CC(C)(C)OC(=O)Oc1cc[c-]cc1.CCCOc1cc[c-]cc1.[O]=[Co]. The molecule has 0 aromatic heterocycles. The van der Waals surface area contributed by atoms with Gasteiger partial charge in [0, 0.05) is 11.5 Å². The van der Waals surface area contributed by atoms with Crippen molar-refractivity contribution in [3.05, 3.63) is 60.7 Å². The Bertz CT molecular complexity index is 597. The molecular weight excluding hydrogens is 379 g/mol. The first-order chi connectivity index (χ1) is 12.4. The molecule has 0 atom stereocenters. The van der Waals surface area contributed by atoms with Gasteiger partial charge in [-0.2, -0.15) is 36.4 Å². The molecule has 2 rings (SSSR count). The fraction of sp³-hybridized carbons (Fsp3) is 0.350. The van der Waals surface area contributed by atoms with E-state index in [9.17, 15) is 4.79 Å². The maximum atomic E-state index is 11.2. The fourth-order valence-electron chi connectivity index (χ4n) is 1.49. The van der Waals surface area contributed by atoms with Crippen molar-refractivity contribution in [1.82, 2.24) is 0 Å². The maximum absolute atomic E-state index is 11.2. The molecule has 0 radical (unpaired) electrons. The third-order valence-corrected chi connectivity index (χ3v) is 2.44. The molecule has 0 aliphatic carbocycles. The normalized spacial score (nSPS) is 9.58. The number of hydrogen-bond acceptors (Lipinski definition) is 5. The van der Waals surface area contributed by atoms with Crippen molar-refractivity contribution in [1.29, 1.82) is 0 Å². The van der Waals surface area contributed by atoms with Gasteiger partial charge in [0.15, 0.2) is 0 Å². The van der Waals surface area contributed by atoms with Crippen molar-refractivity contribution in [3.63, 3.8) is 0 Å². The Balaban J connectivity index is 0.000000458. The molecule has 26 heavy (non-hydrogen) atoms. The van der Waals surface area contributed by atoms with Crippen LogP contribution in [0.1, 0.15) is 34.1 Å². The second-order valence-corrected chi connectivity index (χ2v) is 5.89. The average Bonchev–Trinajstić information content (AvgIpc) is 2.62. The summed E-state index contributed by atoms with van der Waals surface area (Å²) >= 11 is 2.31. The molecule has 0 aliphatic rings. The average molecular weight is 403 g/mol. The summed E-state index contributed by atoms with van der Waals surface area (Å²) in [5.74, 6) is 1.39. The minimum absolute atomic E-state index is 0.456. The van der Waals surface area contributed by atoms with Gasteiger partial charge in [-0.3, -0.25) is 0 Å². The van der Waals surface area contributed by atoms with Crippen LogP contribution in [0.25, 0.3) is 0 Å². The molecular formula is C20H24CoO5-2. The van der Waals surface area contributed by atoms with Crippen molar-refractivity contribution in [2.75, 3.05) is 6.61 Å². The predicted octanol–water partition coefficient (Wildman–Crippen LogP) is 4.95. The summed E-state index contributed by atoms with van der Waals surface area (Å²) in [5.41, 5.74) is -0.530. The minimum atomic E-state index is -0.691. The van der Waals surface area contributed by atoms with Gasteiger partial charge < -0.3 is 14.2 Å². The van der Waals surface area contributed by atoms with E-state index in [1.54, 1.807) is 45.0 Å². The number of ether oxygens (including phenoxy) is 3. The molecule has 0 heterocycles. The van der Waals surface area contributed by atoms with E-state index in [1.165, 1.54) is 0 Å². The Morgan fingerprint density at radius 3 is 1.85 bits per heavy atom. The van der Waals surface area contributed by atoms with Gasteiger partial charge in [-0.05, 0) is 27.2 Å². The van der Waals surface area contributed by atoms with E-state index in [0.717, 1.165) is 18.8 Å². The van der Waals surface area contributed by atoms with E-state index >= 15 is 0 Å². The van der Waals surface area contributed by atoms with Gasteiger partial charge in [-0.15, -0.1) is 24.3 Å². The van der Waals surface area contributed by atoms with Crippen LogP contribution in [0.15, 0.2) is 48.5 Å². The van der Waals surface area contributed by atoms with E-state index in [4.69, 9.17) is 18.1 Å². The zero-order valence-corrected chi connectivity index (χ0v) is 16.4. The van der Waals surface area contributed by atoms with E-state index in [-0.39, 0.29) is 0 Å². The first-order valence-corrected chi connectivity index (χ1v) is 8.42. The first kappa shape index (κ1) is 23.8. The van der Waals surface area contributed by atoms with E-state index in [2.05, 4.69) is 34.7 Å². The van der Waals surface area contributed by atoms with Gasteiger partial charge in [-0.1, -0.05) is 6.92 Å². The molecule has 0 aliphatic heterocycles.